The smallest absolute Gasteiger partial charge is 0.348 e. The van der Waals surface area contributed by atoms with Gasteiger partial charge in [0.2, 0.25) is 5.28 Å². The van der Waals surface area contributed by atoms with Gasteiger partial charge in [0, 0.05) is 9.99 Å². The highest BCUT2D eigenvalue weighted by molar-refractivity contribution is 14.1. The van der Waals surface area contributed by atoms with Gasteiger partial charge >= 0.3 is 11.9 Å². The molecule has 4 rings (SSSR count). The van der Waals surface area contributed by atoms with Crippen molar-refractivity contribution in [2.75, 3.05) is 12.3 Å². The van der Waals surface area contributed by atoms with Crippen molar-refractivity contribution in [1.29, 1.82) is 0 Å². The number of carboxylic acid groups (broad SMARTS) is 2. The maximum Gasteiger partial charge on any atom is 0.348 e. The number of hydrogen-bond donors (Lipinski definition) is 4. The zero-order chi connectivity index (χ0) is 25.5. The number of aromatic nitrogens is 4. The number of rotatable bonds is 8. The van der Waals surface area contributed by atoms with Crippen LogP contribution in [0.2, 0.25) is 5.28 Å². The molecule has 15 heteroatoms. The Labute approximate surface area is 215 Å². The van der Waals surface area contributed by atoms with Gasteiger partial charge in [0.05, 0.1) is 12.9 Å². The summed E-state index contributed by atoms with van der Waals surface area (Å²) in [5, 5.41) is 29.7. The molecule has 1 fully saturated rings. The van der Waals surface area contributed by atoms with Crippen LogP contribution in [0.4, 0.5) is 10.2 Å². The van der Waals surface area contributed by atoms with E-state index in [1.165, 1.54) is 6.33 Å². The van der Waals surface area contributed by atoms with Crippen molar-refractivity contribution in [3.05, 3.63) is 45.0 Å². The average Bonchev–Trinajstić information content (AvgIpc) is 3.33. The lowest BCUT2D eigenvalue weighted by Crippen LogP contribution is -2.52. The molecule has 1 aliphatic heterocycles. The number of nitrogen functional groups attached to an aromatic ring is 1. The monoisotopic (exact) mass is 621 g/mol. The first-order chi connectivity index (χ1) is 16.5. The van der Waals surface area contributed by atoms with Crippen LogP contribution in [0, 0.1) is 3.57 Å². The van der Waals surface area contributed by atoms with E-state index in [2.05, 4.69) is 15.0 Å². The molecule has 0 spiro atoms. The van der Waals surface area contributed by atoms with E-state index in [0.29, 0.717) is 5.56 Å². The maximum absolute atomic E-state index is 15.0. The number of benzene rings is 1. The molecule has 1 aliphatic rings. The molecular formula is C20H18ClFIN5O7. The number of aliphatic hydroxyl groups excluding tert-OH is 1. The highest BCUT2D eigenvalue weighted by atomic mass is 127. The average molecular weight is 622 g/mol. The number of nitrogens with two attached hydrogens (primary N) is 1. The predicted octanol–water partition coefficient (Wildman–Crippen LogP) is 1.43. The van der Waals surface area contributed by atoms with E-state index in [-0.39, 0.29) is 22.3 Å². The minimum atomic E-state index is -2.70. The Morgan fingerprint density at radius 1 is 1.26 bits per heavy atom. The second-order valence-electron chi connectivity index (χ2n) is 7.75. The zero-order valence-electron chi connectivity index (χ0n) is 17.6. The second-order valence-corrected chi connectivity index (χ2v) is 9.34. The van der Waals surface area contributed by atoms with E-state index in [4.69, 9.17) is 26.8 Å². The largest absolute Gasteiger partial charge is 0.479 e. The van der Waals surface area contributed by atoms with Gasteiger partial charge in [0.1, 0.15) is 17.7 Å². The fraction of sp³-hybridized carbons (Fsp3) is 0.350. The third-order valence-corrected chi connectivity index (χ3v) is 6.43. The summed E-state index contributed by atoms with van der Waals surface area (Å²) >= 11 is 7.88. The van der Waals surface area contributed by atoms with E-state index < -0.39 is 55.2 Å². The molecule has 0 radical (unpaired) electrons. The number of carbonyl (C=O) groups is 2. The summed E-state index contributed by atoms with van der Waals surface area (Å²) in [4.78, 5) is 35.8. The van der Waals surface area contributed by atoms with Crippen LogP contribution in [0.25, 0.3) is 11.2 Å². The number of fused-ring (bicyclic) bond motifs is 1. The van der Waals surface area contributed by atoms with Crippen LogP contribution in [0.1, 0.15) is 11.8 Å². The molecule has 12 nitrogen and oxygen atoms in total. The number of imidazole rings is 1. The molecule has 5 N–H and O–H groups in total. The minimum Gasteiger partial charge on any atom is -0.479 e. The standard InChI is InChI=1S/C20H18ClFIN5O7/c21-19-26-14(24)12-15(27-19)28(7-25-12)16-11(22)13(29)10(35-16)6-34-20(17(30)31,18(32)33)5-8-1-3-9(23)4-2-8/h1-4,7,10-11,13,16,29H,5-6H2,(H,30,31)(H,32,33)(H2,24,26,27)/t10-,11+,13-,16-/m1/s1. The third-order valence-electron chi connectivity index (χ3n) is 5.54. The summed E-state index contributed by atoms with van der Waals surface area (Å²) in [7, 11) is 0. The van der Waals surface area contributed by atoms with Gasteiger partial charge in [0.15, 0.2) is 23.9 Å². The number of aliphatic carboxylic acids is 2. The topological polar surface area (TPSA) is 183 Å². The van der Waals surface area contributed by atoms with Crippen LogP contribution in [0.15, 0.2) is 30.6 Å². The predicted molar refractivity (Wildman–Crippen MR) is 126 cm³/mol. The fourth-order valence-corrected chi connectivity index (χ4v) is 4.22. The van der Waals surface area contributed by atoms with Crippen molar-refractivity contribution in [1.82, 2.24) is 19.5 Å². The summed E-state index contributed by atoms with van der Waals surface area (Å²) < 4.78 is 28.0. The molecule has 0 amide bonds. The van der Waals surface area contributed by atoms with Gasteiger partial charge in [0.25, 0.3) is 5.60 Å². The van der Waals surface area contributed by atoms with Crippen LogP contribution in [-0.2, 0) is 25.5 Å². The van der Waals surface area contributed by atoms with Crippen molar-refractivity contribution in [2.45, 2.75) is 36.6 Å². The van der Waals surface area contributed by atoms with E-state index in [1.54, 1.807) is 24.3 Å². The lowest BCUT2D eigenvalue weighted by atomic mass is 9.94. The molecule has 3 aromatic rings. The minimum absolute atomic E-state index is 0.0455. The summed E-state index contributed by atoms with van der Waals surface area (Å²) in [5.74, 6) is -3.56. The van der Waals surface area contributed by atoms with Gasteiger partial charge in [-0.05, 0) is 51.9 Å². The Kier molecular flexibility index (Phi) is 7.10. The zero-order valence-corrected chi connectivity index (χ0v) is 20.5. The SMILES string of the molecule is Nc1nc(Cl)nc2c1ncn2[C@@H]1O[C@H](COC(Cc2ccc(I)cc2)(C(=O)O)C(=O)O)[C@@H](O)[C@@H]1F. The van der Waals surface area contributed by atoms with Crippen molar-refractivity contribution in [2.24, 2.45) is 0 Å². The van der Waals surface area contributed by atoms with Crippen LogP contribution in [0.5, 0.6) is 0 Å². The molecule has 35 heavy (non-hydrogen) atoms. The molecule has 0 saturated carbocycles. The van der Waals surface area contributed by atoms with Crippen molar-refractivity contribution < 1.29 is 38.8 Å². The lowest BCUT2D eigenvalue weighted by molar-refractivity contribution is -0.190. The van der Waals surface area contributed by atoms with Gasteiger partial charge in [-0.2, -0.15) is 9.97 Å². The molecule has 3 heterocycles. The second kappa shape index (κ2) is 9.77. The molecule has 4 atom stereocenters. The van der Waals surface area contributed by atoms with Crippen LogP contribution in [0.3, 0.4) is 0 Å². The maximum atomic E-state index is 15.0. The molecular weight excluding hydrogens is 604 g/mol. The van der Waals surface area contributed by atoms with Gasteiger partial charge in [-0.1, -0.05) is 12.1 Å². The number of hydrogen-bond acceptors (Lipinski definition) is 9. The number of ether oxygens (including phenoxy) is 2. The lowest BCUT2D eigenvalue weighted by Gasteiger charge is -2.27. The van der Waals surface area contributed by atoms with E-state index in [0.717, 1.165) is 8.14 Å². The van der Waals surface area contributed by atoms with Gasteiger partial charge in [-0.3, -0.25) is 4.57 Å². The number of aliphatic hydroxyl groups is 1. The molecule has 186 valence electrons. The Balaban J connectivity index is 1.57. The first-order valence-electron chi connectivity index (χ1n) is 10.0. The Bertz CT molecular complexity index is 1260. The van der Waals surface area contributed by atoms with Crippen molar-refractivity contribution in [3.8, 4) is 0 Å². The summed E-state index contributed by atoms with van der Waals surface area (Å²) in [6.07, 6.45) is -5.98. The van der Waals surface area contributed by atoms with E-state index in [9.17, 15) is 24.9 Å². The van der Waals surface area contributed by atoms with Crippen LogP contribution in [-0.4, -0.2) is 77.4 Å². The Morgan fingerprint density at radius 2 is 1.91 bits per heavy atom. The number of nitrogens with zero attached hydrogens (tertiary/aromatic N) is 4. The molecule has 0 aliphatic carbocycles. The highest BCUT2D eigenvalue weighted by Gasteiger charge is 2.52. The normalized spacial score (nSPS) is 22.5. The molecule has 1 saturated heterocycles. The molecule has 2 aromatic heterocycles. The van der Waals surface area contributed by atoms with Crippen LogP contribution < -0.4 is 5.73 Å². The Hall–Kier alpha value is -2.66. The number of carboxylic acids is 2. The van der Waals surface area contributed by atoms with Crippen molar-refractivity contribution in [3.63, 3.8) is 0 Å². The van der Waals surface area contributed by atoms with Crippen LogP contribution >= 0.6 is 34.2 Å². The number of alkyl halides is 1. The van der Waals surface area contributed by atoms with Gasteiger partial charge < -0.3 is 30.5 Å². The van der Waals surface area contributed by atoms with E-state index in [1.807, 2.05) is 22.6 Å². The molecule has 0 unspecified atom stereocenters. The van der Waals surface area contributed by atoms with Gasteiger partial charge in [-0.15, -0.1) is 0 Å². The number of anilines is 1. The summed E-state index contributed by atoms with van der Waals surface area (Å²) in [6, 6.07) is 6.52. The number of halogens is 3. The first-order valence-corrected chi connectivity index (χ1v) is 11.5. The third kappa shape index (κ3) is 4.75. The first kappa shape index (κ1) is 25.4. The summed E-state index contributed by atoms with van der Waals surface area (Å²) in [6.45, 7) is -0.731. The molecule has 1 aromatic carbocycles. The summed E-state index contributed by atoms with van der Waals surface area (Å²) in [5.41, 5.74) is 3.63. The van der Waals surface area contributed by atoms with E-state index >= 15 is 4.39 Å². The fourth-order valence-electron chi connectivity index (χ4n) is 3.69. The Morgan fingerprint density at radius 3 is 2.54 bits per heavy atom. The highest BCUT2D eigenvalue weighted by Crippen LogP contribution is 2.35. The van der Waals surface area contributed by atoms with Crippen molar-refractivity contribution >= 4 is 63.1 Å². The molecule has 0 bridgehead atoms. The van der Waals surface area contributed by atoms with Gasteiger partial charge in [-0.25, -0.2) is 19.0 Å². The quantitative estimate of drug-likeness (QED) is 0.162.